The number of nitrogens with zero attached hydrogens (tertiary/aromatic N) is 1. The van der Waals surface area contributed by atoms with Crippen LogP contribution in [-0.2, 0) is 4.74 Å². The molecule has 3 heterocycles. The van der Waals surface area contributed by atoms with Gasteiger partial charge in [0.25, 0.3) is 0 Å². The van der Waals surface area contributed by atoms with Gasteiger partial charge in [0.2, 0.25) is 0 Å². The summed E-state index contributed by atoms with van der Waals surface area (Å²) in [6.07, 6.45) is 6.12. The molecule has 0 amide bonds. The summed E-state index contributed by atoms with van der Waals surface area (Å²) in [4.78, 5) is 2.50. The predicted molar refractivity (Wildman–Crippen MR) is 89.4 cm³/mol. The molecule has 0 bridgehead atoms. The SMILES string of the molecule is CN1CCC[C@@H]1C[C@H]1COc2ccc(OC3CCOCC3)cc21. The molecule has 0 spiro atoms. The minimum absolute atomic E-state index is 0.295. The zero-order chi connectivity index (χ0) is 15.6. The Morgan fingerprint density at radius 1 is 1.22 bits per heavy atom. The Morgan fingerprint density at radius 3 is 2.87 bits per heavy atom. The molecule has 0 N–H and O–H groups in total. The third-order valence-electron chi connectivity index (χ3n) is 5.56. The summed E-state index contributed by atoms with van der Waals surface area (Å²) in [5.41, 5.74) is 1.34. The first-order chi connectivity index (χ1) is 11.3. The smallest absolute Gasteiger partial charge is 0.123 e. The van der Waals surface area contributed by atoms with Crippen molar-refractivity contribution < 1.29 is 14.2 Å². The summed E-state index contributed by atoms with van der Waals surface area (Å²) in [7, 11) is 2.25. The van der Waals surface area contributed by atoms with Crippen molar-refractivity contribution in [3.63, 3.8) is 0 Å². The van der Waals surface area contributed by atoms with Gasteiger partial charge in [0.1, 0.15) is 17.6 Å². The zero-order valence-corrected chi connectivity index (χ0v) is 14.0. The van der Waals surface area contributed by atoms with Gasteiger partial charge >= 0.3 is 0 Å². The third-order valence-corrected chi connectivity index (χ3v) is 5.56. The summed E-state index contributed by atoms with van der Waals surface area (Å²) < 4.78 is 17.5. The largest absolute Gasteiger partial charge is 0.493 e. The third kappa shape index (κ3) is 3.33. The van der Waals surface area contributed by atoms with Crippen LogP contribution in [0.3, 0.4) is 0 Å². The van der Waals surface area contributed by atoms with Crippen molar-refractivity contribution in [2.45, 2.75) is 50.2 Å². The van der Waals surface area contributed by atoms with E-state index < -0.39 is 0 Å². The van der Waals surface area contributed by atoms with Crippen molar-refractivity contribution >= 4 is 0 Å². The van der Waals surface area contributed by atoms with Crippen molar-refractivity contribution in [1.82, 2.24) is 4.90 Å². The number of hydrogen-bond donors (Lipinski definition) is 0. The van der Waals surface area contributed by atoms with Crippen LogP contribution in [0.2, 0.25) is 0 Å². The molecule has 1 aromatic carbocycles. The van der Waals surface area contributed by atoms with Gasteiger partial charge in [0.15, 0.2) is 0 Å². The van der Waals surface area contributed by atoms with E-state index >= 15 is 0 Å². The maximum absolute atomic E-state index is 6.17. The molecule has 23 heavy (non-hydrogen) atoms. The van der Waals surface area contributed by atoms with E-state index in [-0.39, 0.29) is 0 Å². The summed E-state index contributed by atoms with van der Waals surface area (Å²) >= 11 is 0. The number of hydrogen-bond acceptors (Lipinski definition) is 4. The minimum atomic E-state index is 0.295. The number of rotatable bonds is 4. The van der Waals surface area contributed by atoms with E-state index in [1.165, 1.54) is 31.4 Å². The Balaban J connectivity index is 1.45. The Morgan fingerprint density at radius 2 is 2.09 bits per heavy atom. The molecule has 4 nitrogen and oxygen atoms in total. The van der Waals surface area contributed by atoms with Crippen LogP contribution >= 0.6 is 0 Å². The lowest BCUT2D eigenvalue weighted by molar-refractivity contribution is 0.0255. The second kappa shape index (κ2) is 6.70. The molecule has 3 aliphatic rings. The molecule has 0 aliphatic carbocycles. The lowest BCUT2D eigenvalue weighted by Gasteiger charge is -2.24. The molecule has 4 rings (SSSR count). The highest BCUT2D eigenvalue weighted by molar-refractivity contribution is 5.45. The second-order valence-corrected chi connectivity index (χ2v) is 7.15. The Labute approximate surface area is 138 Å². The molecule has 0 radical (unpaired) electrons. The summed E-state index contributed by atoms with van der Waals surface area (Å²) in [5.74, 6) is 2.55. The number of ether oxygens (including phenoxy) is 3. The monoisotopic (exact) mass is 317 g/mol. The molecular formula is C19H27NO3. The van der Waals surface area contributed by atoms with Crippen LogP contribution in [0.15, 0.2) is 18.2 Å². The zero-order valence-electron chi connectivity index (χ0n) is 14.0. The molecule has 2 saturated heterocycles. The van der Waals surface area contributed by atoms with E-state index in [0.29, 0.717) is 18.1 Å². The lowest BCUT2D eigenvalue weighted by atomic mass is 9.93. The first kappa shape index (κ1) is 15.3. The highest BCUT2D eigenvalue weighted by Crippen LogP contribution is 2.40. The van der Waals surface area contributed by atoms with Crippen LogP contribution in [0.5, 0.6) is 11.5 Å². The summed E-state index contributed by atoms with van der Waals surface area (Å²) in [5, 5.41) is 0. The molecule has 0 unspecified atom stereocenters. The van der Waals surface area contributed by atoms with Gasteiger partial charge in [-0.3, -0.25) is 0 Å². The van der Waals surface area contributed by atoms with Gasteiger partial charge in [-0.25, -0.2) is 0 Å². The second-order valence-electron chi connectivity index (χ2n) is 7.15. The first-order valence-corrected chi connectivity index (χ1v) is 9.01. The van der Waals surface area contributed by atoms with Gasteiger partial charge in [-0.15, -0.1) is 0 Å². The topological polar surface area (TPSA) is 30.9 Å². The van der Waals surface area contributed by atoms with Gasteiger partial charge in [0.05, 0.1) is 19.8 Å². The molecule has 2 fully saturated rings. The normalized spacial score (nSPS) is 28.6. The van der Waals surface area contributed by atoms with Crippen LogP contribution in [-0.4, -0.2) is 50.5 Å². The van der Waals surface area contributed by atoms with Crippen molar-refractivity contribution in [2.24, 2.45) is 0 Å². The predicted octanol–water partition coefficient (Wildman–Crippen LogP) is 3.20. The fourth-order valence-electron chi connectivity index (χ4n) is 4.12. The Hall–Kier alpha value is -1.26. The fourth-order valence-corrected chi connectivity index (χ4v) is 4.12. The van der Waals surface area contributed by atoms with E-state index in [1.54, 1.807) is 0 Å². The number of fused-ring (bicyclic) bond motifs is 1. The molecule has 0 aromatic heterocycles. The van der Waals surface area contributed by atoms with Crippen LogP contribution < -0.4 is 9.47 Å². The Kier molecular flexibility index (Phi) is 4.45. The van der Waals surface area contributed by atoms with Crippen LogP contribution in [0.25, 0.3) is 0 Å². The van der Waals surface area contributed by atoms with E-state index in [1.807, 2.05) is 0 Å². The molecule has 4 heteroatoms. The van der Waals surface area contributed by atoms with E-state index in [2.05, 4.69) is 30.1 Å². The lowest BCUT2D eigenvalue weighted by Crippen LogP contribution is -2.27. The molecule has 126 valence electrons. The molecule has 0 saturated carbocycles. The Bertz CT molecular complexity index is 541. The number of likely N-dealkylation sites (tertiary alicyclic amines) is 1. The fraction of sp³-hybridized carbons (Fsp3) is 0.684. The van der Waals surface area contributed by atoms with Crippen LogP contribution in [0.1, 0.15) is 43.6 Å². The van der Waals surface area contributed by atoms with Gasteiger partial charge in [0, 0.05) is 30.4 Å². The van der Waals surface area contributed by atoms with Gasteiger partial charge in [-0.1, -0.05) is 0 Å². The quantitative estimate of drug-likeness (QED) is 0.853. The van der Waals surface area contributed by atoms with Gasteiger partial charge < -0.3 is 19.1 Å². The van der Waals surface area contributed by atoms with E-state index in [0.717, 1.165) is 44.2 Å². The molecule has 2 atom stereocenters. The summed E-state index contributed by atoms with van der Waals surface area (Å²) in [6.45, 7) is 3.68. The molecular weight excluding hydrogens is 290 g/mol. The average Bonchev–Trinajstić information content (AvgIpc) is 3.16. The van der Waals surface area contributed by atoms with E-state index in [9.17, 15) is 0 Å². The standard InChI is InChI=1S/C19H27NO3/c1-20-8-2-3-15(20)11-14-13-22-19-5-4-17(12-18(14)19)23-16-6-9-21-10-7-16/h4-5,12,14-16H,2-3,6-11,13H2,1H3/t14-,15+/m0/s1. The summed E-state index contributed by atoms with van der Waals surface area (Å²) in [6, 6.07) is 7.06. The van der Waals surface area contributed by atoms with Crippen molar-refractivity contribution in [3.8, 4) is 11.5 Å². The molecule has 3 aliphatic heterocycles. The minimum Gasteiger partial charge on any atom is -0.493 e. The van der Waals surface area contributed by atoms with Gasteiger partial charge in [-0.05, 0) is 51.1 Å². The van der Waals surface area contributed by atoms with E-state index in [4.69, 9.17) is 14.2 Å². The maximum atomic E-state index is 6.17. The average molecular weight is 317 g/mol. The van der Waals surface area contributed by atoms with Gasteiger partial charge in [-0.2, -0.15) is 0 Å². The first-order valence-electron chi connectivity index (χ1n) is 9.01. The maximum Gasteiger partial charge on any atom is 0.123 e. The van der Waals surface area contributed by atoms with Crippen LogP contribution in [0.4, 0.5) is 0 Å². The van der Waals surface area contributed by atoms with Crippen molar-refractivity contribution in [2.75, 3.05) is 33.4 Å². The van der Waals surface area contributed by atoms with Crippen LogP contribution in [0, 0.1) is 0 Å². The van der Waals surface area contributed by atoms with Crippen molar-refractivity contribution in [1.29, 1.82) is 0 Å². The molecule has 1 aromatic rings. The van der Waals surface area contributed by atoms with Crippen molar-refractivity contribution in [3.05, 3.63) is 23.8 Å². The highest BCUT2D eigenvalue weighted by atomic mass is 16.5. The number of benzene rings is 1. The highest BCUT2D eigenvalue weighted by Gasteiger charge is 2.31.